The summed E-state index contributed by atoms with van der Waals surface area (Å²) < 4.78 is 22.4. The van der Waals surface area contributed by atoms with E-state index in [1.807, 2.05) is 6.92 Å². The zero-order valence-corrected chi connectivity index (χ0v) is 25.6. The number of amides is 5. The van der Waals surface area contributed by atoms with Crippen LogP contribution in [-0.2, 0) is 14.4 Å². The molecule has 1 saturated heterocycles. The Morgan fingerprint density at radius 1 is 0.886 bits per heavy atom. The topological polar surface area (TPSA) is 132 Å². The van der Waals surface area contributed by atoms with Gasteiger partial charge in [-0.3, -0.25) is 19.7 Å². The number of urea groups is 1. The lowest BCUT2D eigenvalue weighted by Gasteiger charge is -2.27. The second-order valence-corrected chi connectivity index (χ2v) is 10.1. The first-order chi connectivity index (χ1) is 21.1. The van der Waals surface area contributed by atoms with Crippen LogP contribution in [0.15, 0.2) is 60.2 Å². The van der Waals surface area contributed by atoms with Gasteiger partial charge in [-0.15, -0.1) is 0 Å². The van der Waals surface area contributed by atoms with Crippen LogP contribution in [0.5, 0.6) is 23.0 Å². The van der Waals surface area contributed by atoms with Gasteiger partial charge in [0.25, 0.3) is 17.7 Å². The van der Waals surface area contributed by atoms with Crippen molar-refractivity contribution in [2.75, 3.05) is 37.1 Å². The van der Waals surface area contributed by atoms with Crippen LogP contribution in [0.1, 0.15) is 25.8 Å². The second-order valence-electron chi connectivity index (χ2n) is 9.25. The number of imide groups is 2. The lowest BCUT2D eigenvalue weighted by molar-refractivity contribution is -0.122. The van der Waals surface area contributed by atoms with Crippen LogP contribution in [0.4, 0.5) is 16.2 Å². The number of ether oxygens (including phenoxy) is 4. The summed E-state index contributed by atoms with van der Waals surface area (Å²) in [6.45, 7) is 4.11. The molecule has 11 nitrogen and oxygen atoms in total. The first-order valence-corrected chi connectivity index (χ1v) is 14.3. The van der Waals surface area contributed by atoms with E-state index in [9.17, 15) is 19.2 Å². The van der Waals surface area contributed by atoms with Crippen molar-refractivity contribution in [3.8, 4) is 23.0 Å². The molecule has 0 aliphatic carbocycles. The number of carbonyl (C=O) groups excluding carboxylic acids is 4. The van der Waals surface area contributed by atoms with Gasteiger partial charge in [-0.1, -0.05) is 36.2 Å². The number of barbiturate groups is 1. The Labute approximate surface area is 263 Å². The van der Waals surface area contributed by atoms with Gasteiger partial charge in [0.15, 0.2) is 29.6 Å². The molecule has 1 fully saturated rings. The van der Waals surface area contributed by atoms with Gasteiger partial charge in [0.1, 0.15) is 5.57 Å². The smallest absolute Gasteiger partial charge is 0.335 e. The summed E-state index contributed by atoms with van der Waals surface area (Å²) in [4.78, 5) is 52.2. The van der Waals surface area contributed by atoms with E-state index in [-0.39, 0.29) is 36.0 Å². The fourth-order valence-corrected chi connectivity index (χ4v) is 4.40. The average molecular weight is 642 g/mol. The minimum absolute atomic E-state index is 0.185. The zero-order chi connectivity index (χ0) is 31.8. The number of methoxy groups -OCH3 is 1. The van der Waals surface area contributed by atoms with E-state index in [2.05, 4.69) is 10.6 Å². The van der Waals surface area contributed by atoms with Crippen LogP contribution in [0.25, 0.3) is 6.08 Å². The lowest BCUT2D eigenvalue weighted by Crippen LogP contribution is -2.54. The summed E-state index contributed by atoms with van der Waals surface area (Å²) in [5.41, 5.74) is 0.758. The summed E-state index contributed by atoms with van der Waals surface area (Å²) in [5.74, 6) is -0.842. The van der Waals surface area contributed by atoms with Crippen molar-refractivity contribution in [1.29, 1.82) is 0 Å². The Morgan fingerprint density at radius 3 is 2.34 bits per heavy atom. The minimum Gasteiger partial charge on any atom is -0.493 e. The Bertz CT molecular complexity index is 1630. The van der Waals surface area contributed by atoms with Crippen LogP contribution < -0.4 is 34.5 Å². The number of hydrogen-bond donors (Lipinski definition) is 2. The number of nitrogens with zero attached hydrogens (tertiary/aromatic N) is 1. The van der Waals surface area contributed by atoms with Gasteiger partial charge in [-0.25, -0.2) is 9.69 Å². The summed E-state index contributed by atoms with van der Waals surface area (Å²) in [5, 5.41) is 5.51. The molecular formula is C31H29Cl2N3O8. The Hall–Kier alpha value is -4.74. The average Bonchev–Trinajstić information content (AvgIpc) is 3.00. The SMILES string of the molecule is CCCOc1ccc(N2C(=O)NC(=O)/C(=C/c3ccc(OCC(=O)Nc4ccc(Cl)c(Cl)c4)c(OCC)c3)C2=O)cc1OC. The molecule has 4 rings (SSSR count). The fraction of sp³-hybridized carbons (Fsp3) is 0.226. The summed E-state index contributed by atoms with van der Waals surface area (Å²) in [6, 6.07) is 13.0. The van der Waals surface area contributed by atoms with Crippen molar-refractivity contribution < 1.29 is 38.1 Å². The van der Waals surface area contributed by atoms with Gasteiger partial charge in [0.05, 0.1) is 36.1 Å². The number of nitrogens with one attached hydrogen (secondary N) is 2. The third kappa shape index (κ3) is 7.61. The largest absolute Gasteiger partial charge is 0.493 e. The van der Waals surface area contributed by atoms with E-state index in [0.717, 1.165) is 11.3 Å². The van der Waals surface area contributed by atoms with Crippen LogP contribution in [0, 0.1) is 0 Å². The van der Waals surface area contributed by atoms with Crippen molar-refractivity contribution in [1.82, 2.24) is 5.32 Å². The molecule has 13 heteroatoms. The zero-order valence-electron chi connectivity index (χ0n) is 24.1. The molecule has 230 valence electrons. The highest BCUT2D eigenvalue weighted by Gasteiger charge is 2.37. The number of halogens is 2. The second kappa shape index (κ2) is 14.6. The van der Waals surface area contributed by atoms with Crippen molar-refractivity contribution in [3.05, 3.63) is 75.8 Å². The van der Waals surface area contributed by atoms with Crippen LogP contribution >= 0.6 is 23.2 Å². The number of anilines is 2. The molecule has 1 aliphatic heterocycles. The van der Waals surface area contributed by atoms with E-state index in [1.165, 1.54) is 37.5 Å². The number of hydrogen-bond acceptors (Lipinski definition) is 8. The monoisotopic (exact) mass is 641 g/mol. The normalized spacial score (nSPS) is 13.9. The Morgan fingerprint density at radius 2 is 1.64 bits per heavy atom. The first kappa shape index (κ1) is 32.2. The number of carbonyl (C=O) groups is 4. The summed E-state index contributed by atoms with van der Waals surface area (Å²) in [6.07, 6.45) is 2.11. The molecule has 0 atom stereocenters. The third-order valence-electron chi connectivity index (χ3n) is 6.11. The van der Waals surface area contributed by atoms with Crippen LogP contribution in [-0.4, -0.2) is 50.7 Å². The van der Waals surface area contributed by atoms with E-state index in [1.54, 1.807) is 37.3 Å². The standard InChI is InChI=1S/C31H29Cl2N3O8/c1-4-12-43-24-11-8-20(16-26(24)41-3)36-30(39)21(29(38)35-31(36)40)13-18-6-10-25(27(14-18)42-5-2)44-17-28(37)34-19-7-9-22(32)23(33)15-19/h6-11,13-16H,4-5,12,17H2,1-3H3,(H,34,37)(H,35,38,40)/b21-13-. The molecule has 0 unspecified atom stereocenters. The van der Waals surface area contributed by atoms with Gasteiger partial charge in [-0.2, -0.15) is 0 Å². The number of rotatable bonds is 12. The molecule has 0 spiro atoms. The van der Waals surface area contributed by atoms with Crippen molar-refractivity contribution >= 4 is 64.4 Å². The lowest BCUT2D eigenvalue weighted by atomic mass is 10.1. The van der Waals surface area contributed by atoms with Crippen molar-refractivity contribution in [2.45, 2.75) is 20.3 Å². The van der Waals surface area contributed by atoms with E-state index >= 15 is 0 Å². The predicted octanol–water partition coefficient (Wildman–Crippen LogP) is 5.87. The summed E-state index contributed by atoms with van der Waals surface area (Å²) >= 11 is 11.9. The van der Waals surface area contributed by atoms with Gasteiger partial charge in [0.2, 0.25) is 0 Å². The molecule has 0 aromatic heterocycles. The highest BCUT2D eigenvalue weighted by Crippen LogP contribution is 2.34. The van der Waals surface area contributed by atoms with Gasteiger partial charge in [0, 0.05) is 11.8 Å². The van der Waals surface area contributed by atoms with E-state index < -0.39 is 23.8 Å². The molecule has 44 heavy (non-hydrogen) atoms. The maximum atomic E-state index is 13.4. The Kier molecular flexibility index (Phi) is 10.7. The van der Waals surface area contributed by atoms with E-state index in [0.29, 0.717) is 39.4 Å². The third-order valence-corrected chi connectivity index (χ3v) is 6.85. The highest BCUT2D eigenvalue weighted by molar-refractivity contribution is 6.42. The van der Waals surface area contributed by atoms with Crippen LogP contribution in [0.3, 0.4) is 0 Å². The minimum atomic E-state index is -0.903. The molecule has 2 N–H and O–H groups in total. The molecule has 0 bridgehead atoms. The molecule has 1 heterocycles. The molecule has 3 aromatic rings. The van der Waals surface area contributed by atoms with Gasteiger partial charge < -0.3 is 24.3 Å². The molecular weight excluding hydrogens is 613 g/mol. The van der Waals surface area contributed by atoms with Crippen molar-refractivity contribution in [2.24, 2.45) is 0 Å². The fourth-order valence-electron chi connectivity index (χ4n) is 4.10. The maximum Gasteiger partial charge on any atom is 0.335 e. The highest BCUT2D eigenvalue weighted by atomic mass is 35.5. The molecule has 0 saturated carbocycles. The first-order valence-electron chi connectivity index (χ1n) is 13.5. The van der Waals surface area contributed by atoms with Crippen LogP contribution in [0.2, 0.25) is 10.0 Å². The number of benzene rings is 3. The molecule has 3 aromatic carbocycles. The Balaban J connectivity index is 1.54. The van der Waals surface area contributed by atoms with Crippen molar-refractivity contribution in [3.63, 3.8) is 0 Å². The van der Waals surface area contributed by atoms with Gasteiger partial charge in [-0.05, 0) is 67.4 Å². The predicted molar refractivity (Wildman–Crippen MR) is 166 cm³/mol. The summed E-state index contributed by atoms with van der Waals surface area (Å²) in [7, 11) is 1.44. The molecule has 5 amide bonds. The van der Waals surface area contributed by atoms with Gasteiger partial charge >= 0.3 is 6.03 Å². The van der Waals surface area contributed by atoms with E-state index in [4.69, 9.17) is 42.1 Å². The molecule has 0 radical (unpaired) electrons. The maximum absolute atomic E-state index is 13.4. The quantitative estimate of drug-likeness (QED) is 0.185. The molecule has 1 aliphatic rings.